The summed E-state index contributed by atoms with van der Waals surface area (Å²) in [6, 6.07) is 11.5. The van der Waals surface area contributed by atoms with Crippen LogP contribution in [-0.2, 0) is 14.3 Å². The van der Waals surface area contributed by atoms with Gasteiger partial charge in [-0.3, -0.25) is 4.79 Å². The van der Waals surface area contributed by atoms with E-state index in [1.165, 1.54) is 12.3 Å². The average Bonchev–Trinajstić information content (AvgIpc) is 2.77. The van der Waals surface area contributed by atoms with Crippen LogP contribution in [0.15, 0.2) is 57.9 Å². The molecule has 0 amide bonds. The standard InChI is InChI=1S/C22H22O8/c1-3-26-10-11-27-21(23)14-28-17-8-9-18-19(12-17)29-13-20(22(18)24)30-16-6-4-15(25-2)5-7-16/h4-9,12-13H,3,10-11,14H2,1-2H3. The Morgan fingerprint density at radius 3 is 2.47 bits per heavy atom. The summed E-state index contributed by atoms with van der Waals surface area (Å²) in [7, 11) is 1.57. The Bertz CT molecular complexity index is 1040. The molecule has 0 unspecified atom stereocenters. The zero-order valence-corrected chi connectivity index (χ0v) is 16.7. The molecule has 1 heterocycles. The third-order valence-electron chi connectivity index (χ3n) is 4.05. The highest BCUT2D eigenvalue weighted by molar-refractivity contribution is 5.79. The molecule has 0 spiro atoms. The van der Waals surface area contributed by atoms with Gasteiger partial charge in [0.15, 0.2) is 6.61 Å². The molecule has 3 rings (SSSR count). The molecule has 0 saturated carbocycles. The topological polar surface area (TPSA) is 93.4 Å². The predicted octanol–water partition coefficient (Wildman–Crippen LogP) is 3.55. The van der Waals surface area contributed by atoms with E-state index in [0.29, 0.717) is 41.4 Å². The first-order valence-corrected chi connectivity index (χ1v) is 9.34. The molecular formula is C22H22O8. The zero-order valence-electron chi connectivity index (χ0n) is 16.7. The Kier molecular flexibility index (Phi) is 7.29. The maximum absolute atomic E-state index is 12.7. The number of rotatable bonds is 10. The molecule has 0 aliphatic carbocycles. The van der Waals surface area contributed by atoms with Crippen LogP contribution in [-0.4, -0.2) is 39.5 Å². The van der Waals surface area contributed by atoms with E-state index in [9.17, 15) is 9.59 Å². The lowest BCUT2D eigenvalue weighted by Gasteiger charge is -2.09. The van der Waals surface area contributed by atoms with Gasteiger partial charge in [-0.2, -0.15) is 0 Å². The number of benzene rings is 2. The molecule has 0 N–H and O–H groups in total. The lowest BCUT2D eigenvalue weighted by atomic mass is 10.2. The summed E-state index contributed by atoms with van der Waals surface area (Å²) in [4.78, 5) is 24.3. The van der Waals surface area contributed by atoms with Crippen molar-refractivity contribution in [2.45, 2.75) is 6.92 Å². The lowest BCUT2D eigenvalue weighted by molar-refractivity contribution is -0.147. The van der Waals surface area contributed by atoms with Crippen LogP contribution in [0.4, 0.5) is 0 Å². The number of methoxy groups -OCH3 is 1. The maximum atomic E-state index is 12.7. The molecule has 0 aliphatic rings. The van der Waals surface area contributed by atoms with Gasteiger partial charge in [-0.05, 0) is 43.3 Å². The summed E-state index contributed by atoms with van der Waals surface area (Å²) in [5.74, 6) is 1.07. The fourth-order valence-electron chi connectivity index (χ4n) is 2.56. The summed E-state index contributed by atoms with van der Waals surface area (Å²) in [5, 5.41) is 0.327. The Balaban J connectivity index is 1.65. The number of ether oxygens (including phenoxy) is 5. The molecule has 0 atom stereocenters. The van der Waals surface area contributed by atoms with Crippen LogP contribution in [0.5, 0.6) is 23.0 Å². The summed E-state index contributed by atoms with van der Waals surface area (Å²) in [6.07, 6.45) is 1.24. The molecule has 3 aromatic rings. The van der Waals surface area contributed by atoms with Crippen molar-refractivity contribution in [1.29, 1.82) is 0 Å². The summed E-state index contributed by atoms with van der Waals surface area (Å²) in [5.41, 5.74) is -0.0155. The molecule has 30 heavy (non-hydrogen) atoms. The quantitative estimate of drug-likeness (QED) is 0.367. The molecule has 1 aromatic heterocycles. The highest BCUT2D eigenvalue weighted by Gasteiger charge is 2.11. The first kappa shape index (κ1) is 21.2. The minimum atomic E-state index is -0.514. The maximum Gasteiger partial charge on any atom is 0.344 e. The average molecular weight is 414 g/mol. The van der Waals surface area contributed by atoms with Crippen molar-refractivity contribution >= 4 is 16.9 Å². The minimum Gasteiger partial charge on any atom is -0.497 e. The third kappa shape index (κ3) is 5.51. The van der Waals surface area contributed by atoms with Gasteiger partial charge in [0.2, 0.25) is 11.2 Å². The number of hydrogen-bond donors (Lipinski definition) is 0. The lowest BCUT2D eigenvalue weighted by Crippen LogP contribution is -2.17. The molecule has 8 heteroatoms. The van der Waals surface area contributed by atoms with E-state index in [-0.39, 0.29) is 24.4 Å². The van der Waals surface area contributed by atoms with Crippen LogP contribution in [0.2, 0.25) is 0 Å². The van der Waals surface area contributed by atoms with Crippen LogP contribution < -0.4 is 19.6 Å². The van der Waals surface area contributed by atoms with E-state index in [2.05, 4.69) is 0 Å². The second-order valence-electron chi connectivity index (χ2n) is 6.07. The Hall–Kier alpha value is -3.52. The molecule has 2 aromatic carbocycles. The van der Waals surface area contributed by atoms with Gasteiger partial charge >= 0.3 is 5.97 Å². The molecule has 8 nitrogen and oxygen atoms in total. The van der Waals surface area contributed by atoms with Gasteiger partial charge in [0.1, 0.15) is 35.7 Å². The highest BCUT2D eigenvalue weighted by Crippen LogP contribution is 2.25. The smallest absolute Gasteiger partial charge is 0.344 e. The normalized spacial score (nSPS) is 10.6. The summed E-state index contributed by atoms with van der Waals surface area (Å²) in [6.45, 7) is 2.66. The fraction of sp³-hybridized carbons (Fsp3) is 0.273. The number of carbonyl (C=O) groups is 1. The van der Waals surface area contributed by atoms with Crippen LogP contribution in [0.25, 0.3) is 11.0 Å². The molecule has 158 valence electrons. The van der Waals surface area contributed by atoms with Gasteiger partial charge in [-0.15, -0.1) is 0 Å². The predicted molar refractivity (Wildman–Crippen MR) is 108 cm³/mol. The highest BCUT2D eigenvalue weighted by atomic mass is 16.6. The van der Waals surface area contributed by atoms with Crippen molar-refractivity contribution in [1.82, 2.24) is 0 Å². The van der Waals surface area contributed by atoms with Crippen LogP contribution in [0, 0.1) is 0 Å². The Labute approximate surface area is 172 Å². The molecule has 0 aliphatic heterocycles. The molecule has 0 bridgehead atoms. The summed E-state index contributed by atoms with van der Waals surface area (Å²) >= 11 is 0. The van der Waals surface area contributed by atoms with E-state index in [0.717, 1.165) is 0 Å². The third-order valence-corrected chi connectivity index (χ3v) is 4.05. The molecule has 0 radical (unpaired) electrons. The van der Waals surface area contributed by atoms with Gasteiger partial charge in [0, 0.05) is 12.7 Å². The van der Waals surface area contributed by atoms with Gasteiger partial charge in [-0.25, -0.2) is 4.79 Å². The molecule has 0 fully saturated rings. The summed E-state index contributed by atoms with van der Waals surface area (Å²) < 4.78 is 31.7. The van der Waals surface area contributed by atoms with Crippen LogP contribution >= 0.6 is 0 Å². The van der Waals surface area contributed by atoms with E-state index in [1.807, 2.05) is 6.92 Å². The number of hydrogen-bond acceptors (Lipinski definition) is 8. The van der Waals surface area contributed by atoms with Crippen LogP contribution in [0.1, 0.15) is 6.92 Å². The van der Waals surface area contributed by atoms with E-state index in [1.54, 1.807) is 43.5 Å². The van der Waals surface area contributed by atoms with Gasteiger partial charge in [0.25, 0.3) is 0 Å². The molecular weight excluding hydrogens is 392 g/mol. The zero-order chi connectivity index (χ0) is 21.3. The van der Waals surface area contributed by atoms with E-state index in [4.69, 9.17) is 28.1 Å². The number of esters is 1. The van der Waals surface area contributed by atoms with Crippen LogP contribution in [0.3, 0.4) is 0 Å². The first-order valence-electron chi connectivity index (χ1n) is 9.34. The number of carbonyl (C=O) groups excluding carboxylic acids is 1. The monoisotopic (exact) mass is 414 g/mol. The van der Waals surface area contributed by atoms with E-state index >= 15 is 0 Å². The second-order valence-corrected chi connectivity index (χ2v) is 6.07. The largest absolute Gasteiger partial charge is 0.497 e. The fourth-order valence-corrected chi connectivity index (χ4v) is 2.56. The van der Waals surface area contributed by atoms with Crippen molar-refractivity contribution < 1.29 is 32.9 Å². The SMILES string of the molecule is CCOCCOC(=O)COc1ccc2c(=O)c(Oc3ccc(OC)cc3)coc2c1. The van der Waals surface area contributed by atoms with Crippen molar-refractivity contribution in [3.8, 4) is 23.0 Å². The minimum absolute atomic E-state index is 0.0548. The van der Waals surface area contributed by atoms with Crippen molar-refractivity contribution in [2.24, 2.45) is 0 Å². The number of fused-ring (bicyclic) bond motifs is 1. The van der Waals surface area contributed by atoms with E-state index < -0.39 is 5.97 Å². The van der Waals surface area contributed by atoms with Gasteiger partial charge < -0.3 is 28.1 Å². The van der Waals surface area contributed by atoms with Gasteiger partial charge in [0.05, 0.1) is 19.1 Å². The Morgan fingerprint density at radius 2 is 1.73 bits per heavy atom. The molecule has 0 saturated heterocycles. The van der Waals surface area contributed by atoms with Crippen molar-refractivity contribution in [3.05, 3.63) is 59.0 Å². The Morgan fingerprint density at radius 1 is 1.00 bits per heavy atom. The van der Waals surface area contributed by atoms with Gasteiger partial charge in [-0.1, -0.05) is 0 Å². The second kappa shape index (κ2) is 10.3. The van der Waals surface area contributed by atoms with Crippen molar-refractivity contribution in [2.75, 3.05) is 33.5 Å². The first-order chi connectivity index (χ1) is 14.6. The van der Waals surface area contributed by atoms with Crippen molar-refractivity contribution in [3.63, 3.8) is 0 Å².